The van der Waals surface area contributed by atoms with Crippen LogP contribution in [-0.2, 0) is 9.47 Å². The summed E-state index contributed by atoms with van der Waals surface area (Å²) in [6.07, 6.45) is 11.0. The molecule has 0 fully saturated rings. The van der Waals surface area contributed by atoms with Crippen LogP contribution in [0, 0.1) is 0 Å². The molecule has 0 amide bonds. The summed E-state index contributed by atoms with van der Waals surface area (Å²) in [7, 11) is 0. The Morgan fingerprint density at radius 2 is 1.33 bits per heavy atom. The number of hydrogen-bond donors (Lipinski definition) is 0. The fourth-order valence-electron chi connectivity index (χ4n) is 3.28. The van der Waals surface area contributed by atoms with Gasteiger partial charge in [0.15, 0.2) is 0 Å². The largest absolute Gasteiger partial charge is 0.375 e. The molecule has 128 valence electrons. The minimum Gasteiger partial charge on any atom is -0.375 e. The van der Waals surface area contributed by atoms with E-state index in [1.54, 1.807) is 0 Å². The molecule has 0 rings (SSSR count). The molecular formula is C19H40O2. The van der Waals surface area contributed by atoms with Crippen LogP contribution in [0.5, 0.6) is 0 Å². The predicted molar refractivity (Wildman–Crippen MR) is 93.0 cm³/mol. The summed E-state index contributed by atoms with van der Waals surface area (Å²) in [5.41, 5.74) is -0.0513. The molecule has 0 aromatic carbocycles. The van der Waals surface area contributed by atoms with Gasteiger partial charge in [-0.2, -0.15) is 0 Å². The van der Waals surface area contributed by atoms with Crippen molar-refractivity contribution in [1.29, 1.82) is 0 Å². The quantitative estimate of drug-likeness (QED) is 0.359. The Morgan fingerprint density at radius 3 is 1.81 bits per heavy atom. The monoisotopic (exact) mass is 300 g/mol. The number of rotatable bonds is 14. The topological polar surface area (TPSA) is 18.5 Å². The molecule has 2 nitrogen and oxygen atoms in total. The highest BCUT2D eigenvalue weighted by Crippen LogP contribution is 2.36. The van der Waals surface area contributed by atoms with Crippen molar-refractivity contribution in [3.63, 3.8) is 0 Å². The van der Waals surface area contributed by atoms with E-state index in [0.29, 0.717) is 0 Å². The maximum atomic E-state index is 6.25. The SMILES string of the molecule is CCCCCCCC(CC)(CC(C)(CC)OCC)OCC. The van der Waals surface area contributed by atoms with Gasteiger partial charge in [0.25, 0.3) is 0 Å². The van der Waals surface area contributed by atoms with Crippen LogP contribution in [0.3, 0.4) is 0 Å². The Kier molecular flexibility index (Phi) is 11.4. The van der Waals surface area contributed by atoms with Gasteiger partial charge in [-0.1, -0.05) is 52.9 Å². The summed E-state index contributed by atoms with van der Waals surface area (Å²) in [5.74, 6) is 0. The molecule has 21 heavy (non-hydrogen) atoms. The lowest BCUT2D eigenvalue weighted by molar-refractivity contribution is -0.126. The highest BCUT2D eigenvalue weighted by atomic mass is 16.5. The molecule has 0 aliphatic heterocycles. The Labute approximate surface area is 134 Å². The lowest BCUT2D eigenvalue weighted by Crippen LogP contribution is -2.43. The second-order valence-electron chi connectivity index (χ2n) is 6.55. The van der Waals surface area contributed by atoms with Gasteiger partial charge in [0, 0.05) is 19.6 Å². The van der Waals surface area contributed by atoms with E-state index >= 15 is 0 Å². The van der Waals surface area contributed by atoms with Gasteiger partial charge in [-0.15, -0.1) is 0 Å². The molecule has 0 N–H and O–H groups in total. The van der Waals surface area contributed by atoms with Gasteiger partial charge in [-0.25, -0.2) is 0 Å². The van der Waals surface area contributed by atoms with E-state index in [0.717, 1.165) is 32.5 Å². The molecule has 0 aliphatic carbocycles. The van der Waals surface area contributed by atoms with E-state index in [9.17, 15) is 0 Å². The lowest BCUT2D eigenvalue weighted by atomic mass is 9.80. The van der Waals surface area contributed by atoms with E-state index in [-0.39, 0.29) is 11.2 Å². The Hall–Kier alpha value is -0.0800. The van der Waals surface area contributed by atoms with E-state index in [2.05, 4.69) is 41.5 Å². The molecular weight excluding hydrogens is 260 g/mol. The molecule has 2 unspecified atom stereocenters. The first-order valence-corrected chi connectivity index (χ1v) is 9.29. The van der Waals surface area contributed by atoms with Crippen molar-refractivity contribution in [2.75, 3.05) is 13.2 Å². The number of hydrogen-bond acceptors (Lipinski definition) is 2. The molecule has 2 atom stereocenters. The third kappa shape index (κ3) is 8.21. The minimum absolute atomic E-state index is 0.000888. The van der Waals surface area contributed by atoms with Crippen molar-refractivity contribution in [2.24, 2.45) is 0 Å². The number of unbranched alkanes of at least 4 members (excludes halogenated alkanes) is 4. The van der Waals surface area contributed by atoms with Crippen LogP contribution in [0.15, 0.2) is 0 Å². The zero-order valence-corrected chi connectivity index (χ0v) is 15.6. The molecule has 0 spiro atoms. The lowest BCUT2D eigenvalue weighted by Gasteiger charge is -2.41. The first kappa shape index (κ1) is 20.9. The minimum atomic E-state index is -0.0522. The van der Waals surface area contributed by atoms with Crippen LogP contribution in [0.4, 0.5) is 0 Å². The van der Waals surface area contributed by atoms with Crippen molar-refractivity contribution in [1.82, 2.24) is 0 Å². The second-order valence-corrected chi connectivity index (χ2v) is 6.55. The van der Waals surface area contributed by atoms with Gasteiger partial charge in [0.1, 0.15) is 0 Å². The summed E-state index contributed by atoms with van der Waals surface area (Å²) in [5, 5.41) is 0. The van der Waals surface area contributed by atoms with Crippen LogP contribution >= 0.6 is 0 Å². The zero-order chi connectivity index (χ0) is 16.2. The van der Waals surface area contributed by atoms with E-state index in [1.165, 1.54) is 38.5 Å². The summed E-state index contributed by atoms with van der Waals surface area (Å²) in [6, 6.07) is 0. The van der Waals surface area contributed by atoms with Crippen LogP contribution in [0.1, 0.15) is 99.3 Å². The molecule has 0 aromatic rings. The van der Waals surface area contributed by atoms with Gasteiger partial charge in [-0.3, -0.25) is 0 Å². The van der Waals surface area contributed by atoms with Gasteiger partial charge < -0.3 is 9.47 Å². The molecule has 0 saturated carbocycles. The van der Waals surface area contributed by atoms with Gasteiger partial charge >= 0.3 is 0 Å². The first-order valence-electron chi connectivity index (χ1n) is 9.29. The van der Waals surface area contributed by atoms with Crippen molar-refractivity contribution in [3.05, 3.63) is 0 Å². The van der Waals surface area contributed by atoms with E-state index in [1.807, 2.05) is 0 Å². The fraction of sp³-hybridized carbons (Fsp3) is 1.00. The summed E-state index contributed by atoms with van der Waals surface area (Å²) in [4.78, 5) is 0. The zero-order valence-electron chi connectivity index (χ0n) is 15.6. The average molecular weight is 301 g/mol. The van der Waals surface area contributed by atoms with Crippen molar-refractivity contribution in [3.8, 4) is 0 Å². The highest BCUT2D eigenvalue weighted by Gasteiger charge is 2.37. The standard InChI is InChI=1S/C19H40O2/c1-7-12-13-14-15-16-19(9-3,21-11-5)17-18(6,8-2)20-10-4/h7-17H2,1-6H3. The Bertz CT molecular complexity index is 242. The second kappa shape index (κ2) is 11.5. The summed E-state index contributed by atoms with van der Waals surface area (Å²) < 4.78 is 12.3. The van der Waals surface area contributed by atoms with Crippen molar-refractivity contribution < 1.29 is 9.47 Å². The molecule has 2 heteroatoms. The van der Waals surface area contributed by atoms with Crippen LogP contribution in [0.2, 0.25) is 0 Å². The Balaban J connectivity index is 4.65. The smallest absolute Gasteiger partial charge is 0.0707 e. The average Bonchev–Trinajstić information content (AvgIpc) is 2.47. The normalized spacial score (nSPS) is 17.4. The maximum absolute atomic E-state index is 6.25. The third-order valence-corrected chi connectivity index (χ3v) is 4.77. The Morgan fingerprint density at radius 1 is 0.714 bits per heavy atom. The molecule has 0 saturated heterocycles. The van der Waals surface area contributed by atoms with Crippen molar-refractivity contribution >= 4 is 0 Å². The molecule has 0 aliphatic rings. The molecule has 0 radical (unpaired) electrons. The fourth-order valence-corrected chi connectivity index (χ4v) is 3.28. The van der Waals surface area contributed by atoms with Crippen LogP contribution in [-0.4, -0.2) is 24.4 Å². The summed E-state index contributed by atoms with van der Waals surface area (Å²) >= 11 is 0. The molecule has 0 heterocycles. The van der Waals surface area contributed by atoms with Crippen molar-refractivity contribution in [2.45, 2.75) is 111 Å². The van der Waals surface area contributed by atoms with Crippen LogP contribution < -0.4 is 0 Å². The van der Waals surface area contributed by atoms with E-state index in [4.69, 9.17) is 9.47 Å². The molecule has 0 bridgehead atoms. The maximum Gasteiger partial charge on any atom is 0.0707 e. The van der Waals surface area contributed by atoms with Gasteiger partial charge in [0.05, 0.1) is 11.2 Å². The van der Waals surface area contributed by atoms with Gasteiger partial charge in [-0.05, 0) is 40.0 Å². The highest BCUT2D eigenvalue weighted by molar-refractivity contribution is 4.89. The van der Waals surface area contributed by atoms with Crippen LogP contribution in [0.25, 0.3) is 0 Å². The van der Waals surface area contributed by atoms with Gasteiger partial charge in [0.2, 0.25) is 0 Å². The first-order chi connectivity index (χ1) is 10.0. The summed E-state index contributed by atoms with van der Waals surface area (Å²) in [6.45, 7) is 14.8. The number of ether oxygens (including phenoxy) is 2. The molecule has 0 aromatic heterocycles. The predicted octanol–water partition coefficient (Wildman–Crippen LogP) is 6.13. The van der Waals surface area contributed by atoms with E-state index < -0.39 is 0 Å². The third-order valence-electron chi connectivity index (χ3n) is 4.77.